The van der Waals surface area contributed by atoms with Crippen molar-refractivity contribution in [1.29, 1.82) is 0 Å². The number of aryl methyl sites for hydroxylation is 2. The molecule has 0 fully saturated rings. The molecule has 5 aromatic rings. The van der Waals surface area contributed by atoms with Crippen LogP contribution in [0.5, 0.6) is 11.5 Å². The molecule has 0 aliphatic carbocycles. The number of alkyl carbamates (subject to hydrolysis) is 1. The second kappa shape index (κ2) is 19.1. The van der Waals surface area contributed by atoms with E-state index in [1.54, 1.807) is 48.5 Å². The summed E-state index contributed by atoms with van der Waals surface area (Å²) < 4.78 is 37.9. The first-order valence-corrected chi connectivity index (χ1v) is 19.2. The Kier molecular flexibility index (Phi) is 14.0. The van der Waals surface area contributed by atoms with E-state index in [-0.39, 0.29) is 45.2 Å². The van der Waals surface area contributed by atoms with Crippen LogP contribution in [0.15, 0.2) is 133 Å². The van der Waals surface area contributed by atoms with Crippen LogP contribution in [0.1, 0.15) is 46.2 Å². The highest BCUT2D eigenvalue weighted by Crippen LogP contribution is 2.56. The fourth-order valence-electron chi connectivity index (χ4n) is 5.57. The molecule has 1 amide bonds. The monoisotopic (exact) mass is 723 g/mol. The lowest BCUT2D eigenvalue weighted by Crippen LogP contribution is -2.51. The number of carbonyl (C=O) groups excluding carboxylic acids is 1. The van der Waals surface area contributed by atoms with E-state index in [1.807, 2.05) is 91.9 Å². The third-order valence-electron chi connectivity index (χ3n) is 8.51. The van der Waals surface area contributed by atoms with E-state index in [0.29, 0.717) is 35.8 Å². The fraction of sp³-hybridized carbons (Fsp3) is 0.262. The van der Waals surface area contributed by atoms with Gasteiger partial charge in [0.25, 0.3) is 7.37 Å². The quantitative estimate of drug-likeness (QED) is 0.0573. The highest BCUT2D eigenvalue weighted by atomic mass is 31.2. The van der Waals surface area contributed by atoms with Crippen LogP contribution < -0.4 is 14.8 Å². The molecule has 2 unspecified atom stereocenters. The zero-order valence-electron chi connectivity index (χ0n) is 29.4. The second-order valence-corrected chi connectivity index (χ2v) is 15.2. The van der Waals surface area contributed by atoms with Gasteiger partial charge in [-0.2, -0.15) is 0 Å². The average molecular weight is 724 g/mol. The van der Waals surface area contributed by atoms with Crippen LogP contribution in [0.2, 0.25) is 0 Å². The number of carbonyl (C=O) groups is 1. The van der Waals surface area contributed by atoms with Crippen LogP contribution in [0.3, 0.4) is 0 Å². The lowest BCUT2D eigenvalue weighted by molar-refractivity contribution is -0.0351. The van der Waals surface area contributed by atoms with Gasteiger partial charge in [-0.25, -0.2) is 4.79 Å². The molecule has 52 heavy (non-hydrogen) atoms. The minimum absolute atomic E-state index is 0.0929. The van der Waals surface area contributed by atoms with Gasteiger partial charge in [-0.1, -0.05) is 115 Å². The molecule has 0 bridgehead atoms. The van der Waals surface area contributed by atoms with Crippen LogP contribution in [0.25, 0.3) is 0 Å². The third-order valence-corrected chi connectivity index (χ3v) is 10.9. The Hall–Kier alpha value is -4.92. The molecule has 0 spiro atoms. The van der Waals surface area contributed by atoms with Crippen molar-refractivity contribution in [2.24, 2.45) is 0 Å². The van der Waals surface area contributed by atoms with E-state index >= 15 is 0 Å². The normalized spacial score (nSPS) is 13.4. The van der Waals surface area contributed by atoms with Crippen LogP contribution >= 0.6 is 7.37 Å². The Labute approximate surface area is 305 Å². The summed E-state index contributed by atoms with van der Waals surface area (Å²) in [7, 11) is -4.31. The standard InChI is InChI=1S/C42H46NO8P/c1-33-10-8-15-34(28-33)24-27-52(46,47)42(25-9-26-44,51-32-38-18-22-40(23-19-38)49-30-36-13-6-3-7-14-36)43-41(45)50-31-37-16-20-39(21-17-37)48-29-35-11-4-2-5-12-35/h2-8,10-23,28,44H,9,24-27,29-32H2,1H3,(H,43,45)(H,46,47). The van der Waals surface area contributed by atoms with E-state index in [2.05, 4.69) is 5.32 Å². The highest BCUT2D eigenvalue weighted by Gasteiger charge is 2.49. The summed E-state index contributed by atoms with van der Waals surface area (Å²) in [5.41, 5.74) is 3.36. The molecule has 3 N–H and O–H groups in total. The molecule has 0 aliphatic rings. The minimum atomic E-state index is -4.31. The van der Waals surface area contributed by atoms with Crippen molar-refractivity contribution in [1.82, 2.24) is 5.32 Å². The Balaban J connectivity index is 1.27. The van der Waals surface area contributed by atoms with Gasteiger partial charge >= 0.3 is 6.09 Å². The van der Waals surface area contributed by atoms with Crippen molar-refractivity contribution in [3.8, 4) is 11.5 Å². The summed E-state index contributed by atoms with van der Waals surface area (Å²) in [5, 5.41) is 12.4. The van der Waals surface area contributed by atoms with Crippen LogP contribution in [0, 0.1) is 6.92 Å². The predicted octanol–water partition coefficient (Wildman–Crippen LogP) is 8.54. The van der Waals surface area contributed by atoms with Gasteiger partial charge in [0.15, 0.2) is 0 Å². The maximum atomic E-state index is 14.4. The second-order valence-electron chi connectivity index (χ2n) is 12.6. The fourth-order valence-corrected chi connectivity index (χ4v) is 7.54. The summed E-state index contributed by atoms with van der Waals surface area (Å²) in [6.45, 7) is 2.33. The molecule has 10 heteroatoms. The van der Waals surface area contributed by atoms with E-state index in [4.69, 9.17) is 18.9 Å². The summed E-state index contributed by atoms with van der Waals surface area (Å²) in [4.78, 5) is 25.1. The topological polar surface area (TPSA) is 124 Å². The molecule has 0 radical (unpaired) electrons. The van der Waals surface area contributed by atoms with E-state index in [9.17, 15) is 19.4 Å². The van der Waals surface area contributed by atoms with Gasteiger partial charge in [-0.15, -0.1) is 0 Å². The van der Waals surface area contributed by atoms with Gasteiger partial charge in [0.1, 0.15) is 31.3 Å². The summed E-state index contributed by atoms with van der Waals surface area (Å²) >= 11 is 0. The largest absolute Gasteiger partial charge is 0.489 e. The summed E-state index contributed by atoms with van der Waals surface area (Å²) in [6.07, 6.45) is -0.823. The lowest BCUT2D eigenvalue weighted by Gasteiger charge is -2.38. The highest BCUT2D eigenvalue weighted by molar-refractivity contribution is 7.59. The Morgan fingerprint density at radius 1 is 0.673 bits per heavy atom. The van der Waals surface area contributed by atoms with E-state index in [1.165, 1.54) is 0 Å². The van der Waals surface area contributed by atoms with Crippen LogP contribution in [-0.4, -0.2) is 34.3 Å². The number of hydrogen-bond acceptors (Lipinski definition) is 7. The minimum Gasteiger partial charge on any atom is -0.489 e. The Bertz CT molecular complexity index is 1870. The average Bonchev–Trinajstić information content (AvgIpc) is 3.17. The third kappa shape index (κ3) is 11.6. The lowest BCUT2D eigenvalue weighted by atomic mass is 10.1. The van der Waals surface area contributed by atoms with Gasteiger partial charge in [0.05, 0.1) is 6.61 Å². The van der Waals surface area contributed by atoms with Gasteiger partial charge in [0, 0.05) is 19.2 Å². The van der Waals surface area contributed by atoms with Crippen molar-refractivity contribution in [2.45, 2.75) is 58.1 Å². The number of benzene rings is 5. The molecular weight excluding hydrogens is 677 g/mol. The number of aliphatic hydroxyl groups excluding tert-OH is 1. The van der Waals surface area contributed by atoms with Crippen molar-refractivity contribution in [3.05, 3.63) is 167 Å². The molecule has 5 aromatic carbocycles. The number of nitrogens with one attached hydrogen (secondary N) is 1. The van der Waals surface area contributed by atoms with Crippen molar-refractivity contribution >= 4 is 13.5 Å². The van der Waals surface area contributed by atoms with E-state index in [0.717, 1.165) is 22.3 Å². The molecule has 0 heterocycles. The Morgan fingerprint density at radius 3 is 1.73 bits per heavy atom. The number of amides is 1. The molecule has 272 valence electrons. The van der Waals surface area contributed by atoms with Crippen LogP contribution in [-0.2, 0) is 46.9 Å². The SMILES string of the molecule is Cc1cccc(CCP(=O)(O)C(CCCO)(NC(=O)OCc2ccc(OCc3ccccc3)cc2)OCc2ccc(OCc3ccccc3)cc2)c1. The summed E-state index contributed by atoms with van der Waals surface area (Å²) in [5.74, 6) is 1.32. The molecule has 0 aliphatic heterocycles. The first kappa shape index (κ1) is 38.3. The maximum absolute atomic E-state index is 14.4. The molecule has 0 saturated heterocycles. The molecule has 5 rings (SSSR count). The zero-order chi connectivity index (χ0) is 36.7. The van der Waals surface area contributed by atoms with Gasteiger partial charge in [-0.3, -0.25) is 9.88 Å². The number of hydrogen-bond donors (Lipinski definition) is 3. The molecular formula is C42H46NO8P. The van der Waals surface area contributed by atoms with Gasteiger partial charge < -0.3 is 28.9 Å². The van der Waals surface area contributed by atoms with E-state index < -0.39 is 18.9 Å². The molecule has 9 nitrogen and oxygen atoms in total. The van der Waals surface area contributed by atoms with Crippen molar-refractivity contribution in [3.63, 3.8) is 0 Å². The Morgan fingerprint density at radius 2 is 1.19 bits per heavy atom. The maximum Gasteiger partial charge on any atom is 0.410 e. The van der Waals surface area contributed by atoms with Crippen molar-refractivity contribution in [2.75, 3.05) is 12.8 Å². The molecule has 0 aromatic heterocycles. The van der Waals surface area contributed by atoms with Gasteiger partial charge in [-0.05, 0) is 71.8 Å². The smallest absolute Gasteiger partial charge is 0.410 e. The first-order chi connectivity index (χ1) is 25.2. The number of aliphatic hydroxyl groups is 1. The number of rotatable bonds is 19. The molecule has 0 saturated carbocycles. The van der Waals surface area contributed by atoms with Crippen molar-refractivity contribution < 1.29 is 38.3 Å². The van der Waals surface area contributed by atoms with Crippen LogP contribution in [0.4, 0.5) is 4.79 Å². The van der Waals surface area contributed by atoms with Gasteiger partial charge in [0.2, 0.25) is 5.47 Å². The predicted molar refractivity (Wildman–Crippen MR) is 201 cm³/mol. The first-order valence-electron chi connectivity index (χ1n) is 17.3. The molecule has 2 atom stereocenters. The summed E-state index contributed by atoms with van der Waals surface area (Å²) in [6, 6.07) is 41.7. The zero-order valence-corrected chi connectivity index (χ0v) is 30.3. The number of ether oxygens (including phenoxy) is 4.